The normalized spacial score (nSPS) is 13.8. The molecule has 0 aliphatic carbocycles. The molecule has 0 amide bonds. The Labute approximate surface area is 581 Å². The number of rotatable bonds is 71. The van der Waals surface area contributed by atoms with Crippen LogP contribution in [0.5, 0.6) is 0 Å². The van der Waals surface area contributed by atoms with Gasteiger partial charge in [0, 0.05) is 12.8 Å². The van der Waals surface area contributed by atoms with Gasteiger partial charge in [-0.05, 0) is 96.3 Å². The summed E-state index contributed by atoms with van der Waals surface area (Å²) >= 11 is 0. The highest BCUT2D eigenvalue weighted by atomic mass is 31.2. The lowest BCUT2D eigenvalue weighted by Crippen LogP contribution is -2.37. The van der Waals surface area contributed by atoms with Crippen molar-refractivity contribution in [1.82, 2.24) is 0 Å². The van der Waals surface area contributed by atoms with Crippen molar-refractivity contribution in [2.24, 2.45) is 0 Å². The number of allylic oxidation sites excluding steroid dienone is 22. The van der Waals surface area contributed by atoms with Gasteiger partial charge in [0.25, 0.3) is 0 Å². The number of quaternary nitrogens is 1. The van der Waals surface area contributed by atoms with Crippen LogP contribution in [-0.2, 0) is 32.7 Å². The fourth-order valence-corrected chi connectivity index (χ4v) is 11.5. The fourth-order valence-electron chi connectivity index (χ4n) is 10.8. The minimum atomic E-state index is -4.40. The molecule has 0 saturated carbocycles. The molecule has 0 rings (SSSR count). The van der Waals surface area contributed by atoms with Crippen molar-refractivity contribution in [3.8, 4) is 0 Å². The summed E-state index contributed by atoms with van der Waals surface area (Å²) in [6.45, 7) is 4.34. The zero-order chi connectivity index (χ0) is 68.3. The van der Waals surface area contributed by atoms with Gasteiger partial charge in [-0.2, -0.15) is 0 Å². The topological polar surface area (TPSA) is 108 Å². The first-order valence-corrected chi connectivity index (χ1v) is 40.4. The largest absolute Gasteiger partial charge is 0.472 e. The predicted octanol–water partition coefficient (Wildman–Crippen LogP) is 25.9. The number of carbonyl (C=O) groups is 2. The molecule has 0 fully saturated rings. The molecule has 0 aromatic rings. The van der Waals surface area contributed by atoms with Crippen molar-refractivity contribution in [2.45, 2.75) is 341 Å². The van der Waals surface area contributed by atoms with Gasteiger partial charge in [-0.25, -0.2) is 4.57 Å². The second kappa shape index (κ2) is 73.4. The molecular formula is C84H147NO8P+. The zero-order valence-electron chi connectivity index (χ0n) is 61.7. The van der Waals surface area contributed by atoms with E-state index in [1.165, 1.54) is 186 Å². The lowest BCUT2D eigenvalue weighted by atomic mass is 10.0. The van der Waals surface area contributed by atoms with E-state index in [1.54, 1.807) is 0 Å². The molecule has 0 spiro atoms. The molecule has 540 valence electrons. The third-order valence-corrected chi connectivity index (χ3v) is 17.7. The zero-order valence-corrected chi connectivity index (χ0v) is 62.6. The Morgan fingerprint density at radius 2 is 0.606 bits per heavy atom. The molecule has 0 saturated heterocycles. The average Bonchev–Trinajstić information content (AvgIpc) is 1.57. The van der Waals surface area contributed by atoms with Gasteiger partial charge in [0.1, 0.15) is 19.8 Å². The van der Waals surface area contributed by atoms with Crippen molar-refractivity contribution < 1.29 is 42.1 Å². The molecule has 0 aromatic heterocycles. The van der Waals surface area contributed by atoms with Crippen LogP contribution in [-0.4, -0.2) is 74.9 Å². The Bertz CT molecular complexity index is 2050. The van der Waals surface area contributed by atoms with E-state index in [0.717, 1.165) is 116 Å². The molecule has 0 aliphatic heterocycles. The first-order valence-electron chi connectivity index (χ1n) is 38.9. The van der Waals surface area contributed by atoms with Gasteiger partial charge in [0.15, 0.2) is 6.10 Å². The summed E-state index contributed by atoms with van der Waals surface area (Å²) in [5, 5.41) is 0. The minimum absolute atomic E-state index is 0.0250. The molecule has 0 heterocycles. The summed E-state index contributed by atoms with van der Waals surface area (Å²) in [5.74, 6) is -0.804. The second-order valence-electron chi connectivity index (χ2n) is 27.0. The van der Waals surface area contributed by atoms with Gasteiger partial charge >= 0.3 is 19.8 Å². The van der Waals surface area contributed by atoms with Crippen LogP contribution in [0.1, 0.15) is 335 Å². The Hall–Kier alpha value is -3.85. The second-order valence-corrected chi connectivity index (χ2v) is 28.5. The first-order chi connectivity index (χ1) is 46.0. The maximum atomic E-state index is 12.9. The quantitative estimate of drug-likeness (QED) is 0.0211. The standard InChI is InChI=1S/C84H146NO8P/c1-6-8-10-12-14-16-18-20-22-24-26-28-30-32-34-36-37-38-39-40-41-42-43-44-45-46-47-49-51-53-55-57-59-61-63-65-67-69-71-73-75-77-84(87)93-82(81-92-94(88,89)91-79-78-85(3,4)5)80-90-83(86)76-74-72-70-68-66-64-62-60-58-56-54-52-50-48-35-33-31-29-27-25-23-21-19-17-15-13-11-9-7-2/h8,10,14,16,20,22,26,28,32,34,37-38,40-41,43-44,46-47,51,53,57,59,82H,6-7,9,11-13,15,17-19,21,23-25,27,29-31,33,35-36,39,42,45,48-50,52,54-56,58,60-81H2,1-5H3/p+1/b10-8-,16-14-,22-20-,28-26-,34-32-,38-37-,41-40-,44-43-,47-46-,53-51-,59-57-. The van der Waals surface area contributed by atoms with Crippen molar-refractivity contribution in [1.29, 1.82) is 0 Å². The van der Waals surface area contributed by atoms with Crippen LogP contribution < -0.4 is 0 Å². The number of phosphoric acid groups is 1. The van der Waals surface area contributed by atoms with E-state index in [2.05, 4.69) is 148 Å². The van der Waals surface area contributed by atoms with E-state index < -0.39 is 26.5 Å². The lowest BCUT2D eigenvalue weighted by molar-refractivity contribution is -0.870. The minimum Gasteiger partial charge on any atom is -0.462 e. The van der Waals surface area contributed by atoms with Gasteiger partial charge in [0.05, 0.1) is 27.7 Å². The Kier molecular flexibility index (Phi) is 70.4. The van der Waals surface area contributed by atoms with Crippen LogP contribution in [0.3, 0.4) is 0 Å². The number of carbonyl (C=O) groups excluding carboxylic acids is 2. The summed E-state index contributed by atoms with van der Waals surface area (Å²) in [6.07, 6.45) is 107. The van der Waals surface area contributed by atoms with Gasteiger partial charge in [-0.1, -0.05) is 359 Å². The lowest BCUT2D eigenvalue weighted by Gasteiger charge is -2.24. The summed E-state index contributed by atoms with van der Waals surface area (Å²) in [5.41, 5.74) is 0. The van der Waals surface area contributed by atoms with E-state index in [1.807, 2.05) is 21.1 Å². The SMILES string of the molecule is CC/C=C\C/C=C\C/C=C\C/C=C\C/C=C\C/C=C\C/C=C\C/C=C\C/C=C\C/C=C\C/C=C\CCCCCCCCCC(=O)OC(COC(=O)CCCCCCCCCCCCCCCCCCCCCCCCCCCCCCC)COP(=O)(O)OCC[N+](C)(C)C. The molecule has 0 radical (unpaired) electrons. The number of unbranched alkanes of at least 4 members (excludes halogenated alkanes) is 35. The highest BCUT2D eigenvalue weighted by molar-refractivity contribution is 7.47. The number of phosphoric ester groups is 1. The predicted molar refractivity (Wildman–Crippen MR) is 408 cm³/mol. The monoisotopic (exact) mass is 1330 g/mol. The van der Waals surface area contributed by atoms with Crippen LogP contribution in [0, 0.1) is 0 Å². The molecule has 2 atom stereocenters. The van der Waals surface area contributed by atoms with Crippen LogP contribution in [0.2, 0.25) is 0 Å². The smallest absolute Gasteiger partial charge is 0.462 e. The fraction of sp³-hybridized carbons (Fsp3) is 0.714. The summed E-state index contributed by atoms with van der Waals surface area (Å²) < 4.78 is 34.8. The Morgan fingerprint density at radius 1 is 0.340 bits per heavy atom. The summed E-state index contributed by atoms with van der Waals surface area (Å²) in [4.78, 5) is 36.0. The van der Waals surface area contributed by atoms with Crippen LogP contribution in [0.4, 0.5) is 0 Å². The van der Waals surface area contributed by atoms with Gasteiger partial charge in [0.2, 0.25) is 0 Å². The number of hydrogen-bond donors (Lipinski definition) is 1. The maximum absolute atomic E-state index is 12.9. The van der Waals surface area contributed by atoms with E-state index in [4.69, 9.17) is 18.5 Å². The molecule has 9 nitrogen and oxygen atoms in total. The van der Waals surface area contributed by atoms with Crippen molar-refractivity contribution >= 4 is 19.8 Å². The Balaban J connectivity index is 4.07. The van der Waals surface area contributed by atoms with Crippen LogP contribution >= 0.6 is 7.82 Å². The number of esters is 2. The van der Waals surface area contributed by atoms with Crippen molar-refractivity contribution in [3.05, 3.63) is 134 Å². The third-order valence-electron chi connectivity index (χ3n) is 16.7. The summed E-state index contributed by atoms with van der Waals surface area (Å²) in [7, 11) is 1.47. The Morgan fingerprint density at radius 3 is 0.904 bits per heavy atom. The highest BCUT2D eigenvalue weighted by Gasteiger charge is 2.27. The van der Waals surface area contributed by atoms with Crippen LogP contribution in [0.25, 0.3) is 0 Å². The van der Waals surface area contributed by atoms with E-state index >= 15 is 0 Å². The average molecular weight is 1330 g/mol. The number of hydrogen-bond acceptors (Lipinski definition) is 7. The van der Waals surface area contributed by atoms with E-state index in [-0.39, 0.29) is 32.0 Å². The molecule has 94 heavy (non-hydrogen) atoms. The van der Waals surface area contributed by atoms with Gasteiger partial charge in [-0.15, -0.1) is 0 Å². The molecule has 0 aromatic carbocycles. The van der Waals surface area contributed by atoms with Crippen LogP contribution in [0.15, 0.2) is 134 Å². The number of ether oxygens (including phenoxy) is 2. The molecular weight excluding hydrogens is 1180 g/mol. The molecule has 0 bridgehead atoms. The number of nitrogens with zero attached hydrogens (tertiary/aromatic N) is 1. The van der Waals surface area contributed by atoms with E-state index in [0.29, 0.717) is 17.4 Å². The third kappa shape index (κ3) is 77.2. The number of likely N-dealkylation sites (N-methyl/N-ethyl adjacent to an activating group) is 1. The van der Waals surface area contributed by atoms with E-state index in [9.17, 15) is 19.0 Å². The summed E-state index contributed by atoms with van der Waals surface area (Å²) in [6, 6.07) is 0. The molecule has 0 aliphatic rings. The van der Waals surface area contributed by atoms with Crippen molar-refractivity contribution in [3.63, 3.8) is 0 Å². The molecule has 1 N–H and O–H groups in total. The van der Waals surface area contributed by atoms with Gasteiger partial charge < -0.3 is 18.9 Å². The molecule has 2 unspecified atom stereocenters. The molecule has 10 heteroatoms. The first kappa shape index (κ1) is 90.2. The highest BCUT2D eigenvalue weighted by Crippen LogP contribution is 2.43. The van der Waals surface area contributed by atoms with Gasteiger partial charge in [-0.3, -0.25) is 18.6 Å². The maximum Gasteiger partial charge on any atom is 0.472 e. The van der Waals surface area contributed by atoms with Crippen molar-refractivity contribution in [2.75, 3.05) is 47.5 Å².